The molecule has 1 heterocycles. The molecular formula is C11H11ClO3. The molecule has 15 heavy (non-hydrogen) atoms. The van der Waals surface area contributed by atoms with Crippen molar-refractivity contribution in [1.29, 1.82) is 0 Å². The number of carbonyl (C=O) groups is 1. The Morgan fingerprint density at radius 2 is 2.00 bits per heavy atom. The van der Waals surface area contributed by atoms with Crippen molar-refractivity contribution >= 4 is 16.8 Å². The molecule has 2 rings (SSSR count). The minimum absolute atomic E-state index is 0.220. The first-order chi connectivity index (χ1) is 7.25. The van der Waals surface area contributed by atoms with Gasteiger partial charge < -0.3 is 9.47 Å². The standard InChI is InChI=1S/C11H11ClO3/c12-11(13)7-8-2-3-9-10(6-8)15-5-1-4-14-9/h2-3,6H,1,4-5,7H2. The molecule has 3 nitrogen and oxygen atoms in total. The fourth-order valence-corrected chi connectivity index (χ4v) is 1.63. The lowest BCUT2D eigenvalue weighted by molar-refractivity contribution is -0.111. The molecule has 1 aromatic carbocycles. The van der Waals surface area contributed by atoms with Gasteiger partial charge in [-0.3, -0.25) is 4.79 Å². The minimum Gasteiger partial charge on any atom is -0.490 e. The summed E-state index contributed by atoms with van der Waals surface area (Å²) in [4.78, 5) is 10.7. The van der Waals surface area contributed by atoms with Crippen LogP contribution in [-0.4, -0.2) is 18.5 Å². The largest absolute Gasteiger partial charge is 0.490 e. The molecule has 1 aliphatic heterocycles. The van der Waals surface area contributed by atoms with Gasteiger partial charge in [0.25, 0.3) is 0 Å². The lowest BCUT2D eigenvalue weighted by atomic mass is 10.1. The summed E-state index contributed by atoms with van der Waals surface area (Å²) in [6, 6.07) is 5.45. The Kier molecular flexibility index (Phi) is 3.11. The minimum atomic E-state index is -0.371. The van der Waals surface area contributed by atoms with Gasteiger partial charge in [0.2, 0.25) is 5.24 Å². The Morgan fingerprint density at radius 1 is 1.27 bits per heavy atom. The van der Waals surface area contributed by atoms with E-state index in [2.05, 4.69) is 0 Å². The van der Waals surface area contributed by atoms with E-state index in [1.54, 1.807) is 6.07 Å². The van der Waals surface area contributed by atoms with Gasteiger partial charge in [-0.15, -0.1) is 0 Å². The molecule has 80 valence electrons. The van der Waals surface area contributed by atoms with Crippen molar-refractivity contribution in [2.75, 3.05) is 13.2 Å². The van der Waals surface area contributed by atoms with Crippen molar-refractivity contribution in [2.45, 2.75) is 12.8 Å². The highest BCUT2D eigenvalue weighted by Gasteiger charge is 2.11. The van der Waals surface area contributed by atoms with E-state index in [1.165, 1.54) is 0 Å². The first-order valence-electron chi connectivity index (χ1n) is 4.82. The van der Waals surface area contributed by atoms with E-state index in [9.17, 15) is 4.79 Å². The average Bonchev–Trinajstić information content (AvgIpc) is 2.41. The molecular weight excluding hydrogens is 216 g/mol. The van der Waals surface area contributed by atoms with Gasteiger partial charge in [0.05, 0.1) is 13.2 Å². The molecule has 4 heteroatoms. The highest BCUT2D eigenvalue weighted by Crippen LogP contribution is 2.30. The van der Waals surface area contributed by atoms with E-state index in [4.69, 9.17) is 21.1 Å². The third-order valence-corrected chi connectivity index (χ3v) is 2.29. The molecule has 1 aliphatic rings. The van der Waals surface area contributed by atoms with Gasteiger partial charge in [-0.05, 0) is 29.3 Å². The van der Waals surface area contributed by atoms with Crippen LogP contribution in [0.3, 0.4) is 0 Å². The predicted octanol–water partition coefficient (Wildman–Crippen LogP) is 2.16. The summed E-state index contributed by atoms with van der Waals surface area (Å²) in [5, 5.41) is -0.371. The van der Waals surface area contributed by atoms with E-state index in [0.717, 1.165) is 17.7 Å². The number of rotatable bonds is 2. The summed E-state index contributed by atoms with van der Waals surface area (Å²) >= 11 is 5.32. The fourth-order valence-electron chi connectivity index (χ4n) is 1.48. The first kappa shape index (κ1) is 10.3. The zero-order chi connectivity index (χ0) is 10.7. The van der Waals surface area contributed by atoms with Crippen molar-refractivity contribution in [3.63, 3.8) is 0 Å². The van der Waals surface area contributed by atoms with Crippen LogP contribution in [0, 0.1) is 0 Å². The smallest absolute Gasteiger partial charge is 0.226 e. The summed E-state index contributed by atoms with van der Waals surface area (Å²) in [5.41, 5.74) is 0.847. The van der Waals surface area contributed by atoms with Crippen LogP contribution in [-0.2, 0) is 11.2 Å². The second-order valence-electron chi connectivity index (χ2n) is 3.36. The summed E-state index contributed by atoms with van der Waals surface area (Å²) in [5.74, 6) is 1.43. The molecule has 0 aromatic heterocycles. The number of benzene rings is 1. The predicted molar refractivity (Wildman–Crippen MR) is 56.6 cm³/mol. The molecule has 0 amide bonds. The number of halogens is 1. The van der Waals surface area contributed by atoms with Crippen LogP contribution in [0.15, 0.2) is 18.2 Å². The monoisotopic (exact) mass is 226 g/mol. The summed E-state index contributed by atoms with van der Waals surface area (Å²) in [6.45, 7) is 1.31. The van der Waals surface area contributed by atoms with Crippen molar-refractivity contribution < 1.29 is 14.3 Å². The van der Waals surface area contributed by atoms with E-state index < -0.39 is 0 Å². The number of hydrogen-bond donors (Lipinski definition) is 0. The first-order valence-corrected chi connectivity index (χ1v) is 5.20. The number of hydrogen-bond acceptors (Lipinski definition) is 3. The molecule has 0 saturated heterocycles. The van der Waals surface area contributed by atoms with Crippen LogP contribution < -0.4 is 9.47 Å². The second kappa shape index (κ2) is 4.53. The Balaban J connectivity index is 2.23. The molecule has 0 saturated carbocycles. The van der Waals surface area contributed by atoms with Gasteiger partial charge in [-0.2, -0.15) is 0 Å². The molecule has 0 unspecified atom stereocenters. The Hall–Kier alpha value is -1.22. The lowest BCUT2D eigenvalue weighted by Crippen LogP contribution is -1.97. The van der Waals surface area contributed by atoms with Gasteiger partial charge in [-0.25, -0.2) is 0 Å². The van der Waals surface area contributed by atoms with E-state index in [-0.39, 0.29) is 11.7 Å². The van der Waals surface area contributed by atoms with Gasteiger partial charge in [0.15, 0.2) is 11.5 Å². The topological polar surface area (TPSA) is 35.5 Å². The molecule has 0 aliphatic carbocycles. The molecule has 0 spiro atoms. The molecule has 0 fully saturated rings. The molecule has 0 radical (unpaired) electrons. The summed E-state index contributed by atoms with van der Waals surface area (Å²) in [7, 11) is 0. The average molecular weight is 227 g/mol. The van der Waals surface area contributed by atoms with E-state index in [1.807, 2.05) is 12.1 Å². The zero-order valence-corrected chi connectivity index (χ0v) is 8.92. The van der Waals surface area contributed by atoms with Crippen LogP contribution >= 0.6 is 11.6 Å². The summed E-state index contributed by atoms with van der Waals surface area (Å²) < 4.78 is 11.0. The SMILES string of the molecule is O=C(Cl)Cc1ccc2c(c1)OCCCO2. The maximum Gasteiger partial charge on any atom is 0.226 e. The van der Waals surface area contributed by atoms with Crippen molar-refractivity contribution in [2.24, 2.45) is 0 Å². The molecule has 0 atom stereocenters. The van der Waals surface area contributed by atoms with Crippen LogP contribution in [0.4, 0.5) is 0 Å². The normalized spacial score (nSPS) is 14.5. The highest BCUT2D eigenvalue weighted by molar-refractivity contribution is 6.63. The van der Waals surface area contributed by atoms with E-state index >= 15 is 0 Å². The van der Waals surface area contributed by atoms with Gasteiger partial charge >= 0.3 is 0 Å². The third-order valence-electron chi connectivity index (χ3n) is 2.16. The highest BCUT2D eigenvalue weighted by atomic mass is 35.5. The van der Waals surface area contributed by atoms with Gasteiger partial charge in [-0.1, -0.05) is 6.07 Å². The lowest BCUT2D eigenvalue weighted by Gasteiger charge is -2.08. The molecule has 1 aromatic rings. The second-order valence-corrected chi connectivity index (χ2v) is 3.79. The third kappa shape index (κ3) is 2.63. The van der Waals surface area contributed by atoms with Crippen LogP contribution in [0.25, 0.3) is 0 Å². The van der Waals surface area contributed by atoms with Crippen molar-refractivity contribution in [1.82, 2.24) is 0 Å². The van der Waals surface area contributed by atoms with E-state index in [0.29, 0.717) is 19.0 Å². The fraction of sp³-hybridized carbons (Fsp3) is 0.364. The van der Waals surface area contributed by atoms with Gasteiger partial charge in [0.1, 0.15) is 0 Å². The number of carbonyl (C=O) groups excluding carboxylic acids is 1. The summed E-state index contributed by atoms with van der Waals surface area (Å²) in [6.07, 6.45) is 1.09. The van der Waals surface area contributed by atoms with Crippen LogP contribution in [0.2, 0.25) is 0 Å². The maximum atomic E-state index is 10.7. The molecule has 0 bridgehead atoms. The quantitative estimate of drug-likeness (QED) is 0.725. The molecule has 0 N–H and O–H groups in total. The van der Waals surface area contributed by atoms with Crippen LogP contribution in [0.1, 0.15) is 12.0 Å². The van der Waals surface area contributed by atoms with Gasteiger partial charge in [0, 0.05) is 12.8 Å². The maximum absolute atomic E-state index is 10.7. The number of ether oxygens (including phenoxy) is 2. The van der Waals surface area contributed by atoms with Crippen LogP contribution in [0.5, 0.6) is 11.5 Å². The zero-order valence-electron chi connectivity index (χ0n) is 8.16. The van der Waals surface area contributed by atoms with Crippen molar-refractivity contribution in [3.8, 4) is 11.5 Å². The van der Waals surface area contributed by atoms with Crippen molar-refractivity contribution in [3.05, 3.63) is 23.8 Å². The Labute approximate surface area is 92.9 Å². The Morgan fingerprint density at radius 3 is 2.73 bits per heavy atom. The Bertz CT molecular complexity index is 376. The number of fused-ring (bicyclic) bond motifs is 1.